The SMILES string of the molecule is COC1OC(COCc2ccccc2)C(OCc2ccccc2)C(OCc2ccccc2)C1OC1OC(CO)C(OC2OC(CO)C(O)C(O)C2NC(C)=O)C(O)C1NC(C)=O. The Bertz CT molecular complexity index is 1800. The summed E-state index contributed by atoms with van der Waals surface area (Å²) >= 11 is 0. The van der Waals surface area contributed by atoms with Gasteiger partial charge in [0.2, 0.25) is 11.8 Å². The first-order valence-electron chi connectivity index (χ1n) is 20.5. The number of amides is 2. The first kappa shape index (κ1) is 47.5. The molecule has 6 rings (SSSR count). The minimum absolute atomic E-state index is 0.0659. The third-order valence-corrected chi connectivity index (χ3v) is 10.8. The molecule has 3 aliphatic rings. The Morgan fingerprint density at radius 1 is 0.548 bits per heavy atom. The monoisotopic (exact) mass is 870 g/mol. The van der Waals surface area contributed by atoms with Crippen molar-refractivity contribution in [2.24, 2.45) is 0 Å². The van der Waals surface area contributed by atoms with Gasteiger partial charge >= 0.3 is 0 Å². The number of ether oxygens (including phenoxy) is 9. The van der Waals surface area contributed by atoms with Crippen molar-refractivity contribution in [2.75, 3.05) is 26.9 Å². The maximum atomic E-state index is 12.7. The Hall–Kier alpha value is -3.96. The third kappa shape index (κ3) is 12.2. The molecule has 7 N–H and O–H groups in total. The van der Waals surface area contributed by atoms with Crippen molar-refractivity contribution in [1.82, 2.24) is 10.6 Å². The van der Waals surface area contributed by atoms with Crippen LogP contribution < -0.4 is 10.6 Å². The molecule has 3 saturated heterocycles. The van der Waals surface area contributed by atoms with Crippen LogP contribution in [0.3, 0.4) is 0 Å². The fraction of sp³-hybridized carbons (Fsp3) is 0.545. The van der Waals surface area contributed by atoms with Gasteiger partial charge in [-0.2, -0.15) is 0 Å². The quantitative estimate of drug-likeness (QED) is 0.0842. The van der Waals surface area contributed by atoms with Crippen molar-refractivity contribution in [2.45, 2.75) is 126 Å². The molecule has 62 heavy (non-hydrogen) atoms. The molecule has 3 heterocycles. The van der Waals surface area contributed by atoms with Crippen molar-refractivity contribution in [3.63, 3.8) is 0 Å². The number of hydrogen-bond acceptors (Lipinski definition) is 16. The molecule has 15 unspecified atom stereocenters. The van der Waals surface area contributed by atoms with Crippen LogP contribution in [0.25, 0.3) is 0 Å². The highest BCUT2D eigenvalue weighted by molar-refractivity contribution is 5.73. The molecule has 3 aromatic rings. The number of hydrogen-bond donors (Lipinski definition) is 7. The topological polar surface area (TPSA) is 242 Å². The summed E-state index contributed by atoms with van der Waals surface area (Å²) in [5.74, 6) is -1.19. The Kier molecular flexibility index (Phi) is 17.7. The van der Waals surface area contributed by atoms with E-state index in [4.69, 9.17) is 42.6 Å². The van der Waals surface area contributed by atoms with E-state index < -0.39 is 117 Å². The number of benzene rings is 3. The fourth-order valence-electron chi connectivity index (χ4n) is 7.77. The molecule has 3 aromatic carbocycles. The Morgan fingerprint density at radius 3 is 1.50 bits per heavy atom. The predicted molar refractivity (Wildman–Crippen MR) is 216 cm³/mol. The van der Waals surface area contributed by atoms with Crippen molar-refractivity contribution in [3.05, 3.63) is 108 Å². The van der Waals surface area contributed by atoms with Gasteiger partial charge in [0, 0.05) is 21.0 Å². The zero-order valence-electron chi connectivity index (χ0n) is 34.8. The van der Waals surface area contributed by atoms with Crippen molar-refractivity contribution >= 4 is 11.8 Å². The molecule has 2 amide bonds. The van der Waals surface area contributed by atoms with E-state index in [1.807, 2.05) is 91.0 Å². The lowest BCUT2D eigenvalue weighted by molar-refractivity contribution is -0.371. The van der Waals surface area contributed by atoms with Crippen LogP contribution in [0, 0.1) is 0 Å². The van der Waals surface area contributed by atoms with E-state index in [1.165, 1.54) is 21.0 Å². The van der Waals surface area contributed by atoms with Gasteiger partial charge in [-0.05, 0) is 16.7 Å². The van der Waals surface area contributed by atoms with Crippen LogP contribution >= 0.6 is 0 Å². The van der Waals surface area contributed by atoms with Gasteiger partial charge in [-0.25, -0.2) is 0 Å². The van der Waals surface area contributed by atoms with E-state index in [0.717, 1.165) is 16.7 Å². The van der Waals surface area contributed by atoms with E-state index in [0.29, 0.717) is 0 Å². The van der Waals surface area contributed by atoms with E-state index in [1.54, 1.807) is 0 Å². The maximum Gasteiger partial charge on any atom is 0.217 e. The van der Waals surface area contributed by atoms with Crippen LogP contribution in [0.4, 0.5) is 0 Å². The van der Waals surface area contributed by atoms with Gasteiger partial charge < -0.3 is 78.8 Å². The summed E-state index contributed by atoms with van der Waals surface area (Å²) in [4.78, 5) is 24.9. The van der Waals surface area contributed by atoms with Crippen LogP contribution in [0.5, 0.6) is 0 Å². The number of aliphatic hydroxyl groups is 5. The molecular weight excluding hydrogens is 812 g/mol. The summed E-state index contributed by atoms with van der Waals surface area (Å²) in [6.45, 7) is 1.53. The van der Waals surface area contributed by atoms with E-state index in [9.17, 15) is 35.1 Å². The van der Waals surface area contributed by atoms with Crippen LogP contribution in [0.2, 0.25) is 0 Å². The van der Waals surface area contributed by atoms with Crippen LogP contribution in [0.1, 0.15) is 30.5 Å². The molecule has 0 aliphatic carbocycles. The molecule has 3 fully saturated rings. The van der Waals surface area contributed by atoms with Crippen molar-refractivity contribution in [1.29, 1.82) is 0 Å². The molecular formula is C44H58N2O16. The normalized spacial score (nSPS) is 33.7. The van der Waals surface area contributed by atoms with Gasteiger partial charge in [-0.3, -0.25) is 9.59 Å². The molecule has 0 bridgehead atoms. The maximum absolute atomic E-state index is 12.7. The summed E-state index contributed by atoms with van der Waals surface area (Å²) in [5, 5.41) is 59.1. The zero-order valence-corrected chi connectivity index (χ0v) is 34.8. The first-order valence-corrected chi connectivity index (χ1v) is 20.5. The predicted octanol–water partition coefficient (Wildman–Crippen LogP) is 0.0422. The molecule has 340 valence electrons. The largest absolute Gasteiger partial charge is 0.394 e. The number of carbonyl (C=O) groups is 2. The lowest BCUT2D eigenvalue weighted by Gasteiger charge is -2.50. The summed E-state index contributed by atoms with van der Waals surface area (Å²) in [7, 11) is 1.42. The molecule has 18 nitrogen and oxygen atoms in total. The molecule has 18 heteroatoms. The molecule has 0 spiro atoms. The second-order valence-corrected chi connectivity index (χ2v) is 15.4. The van der Waals surface area contributed by atoms with E-state index >= 15 is 0 Å². The average molecular weight is 871 g/mol. The minimum atomic E-state index is -1.70. The summed E-state index contributed by atoms with van der Waals surface area (Å²) in [6, 6.07) is 25.8. The zero-order chi connectivity index (χ0) is 44.2. The fourth-order valence-corrected chi connectivity index (χ4v) is 7.77. The van der Waals surface area contributed by atoms with Crippen LogP contribution in [-0.2, 0) is 72.0 Å². The van der Waals surface area contributed by atoms with Gasteiger partial charge in [0.1, 0.15) is 73.1 Å². The number of methoxy groups -OCH3 is 1. The van der Waals surface area contributed by atoms with Gasteiger partial charge in [-0.1, -0.05) is 91.0 Å². The number of carbonyl (C=O) groups excluding carboxylic acids is 2. The number of rotatable bonds is 19. The molecule has 3 aliphatic heterocycles. The smallest absolute Gasteiger partial charge is 0.217 e. The molecule has 0 aromatic heterocycles. The Balaban J connectivity index is 1.30. The van der Waals surface area contributed by atoms with Gasteiger partial charge in [0.15, 0.2) is 18.9 Å². The van der Waals surface area contributed by atoms with E-state index in [2.05, 4.69) is 10.6 Å². The standard InChI is InChI=1S/C44H58N2O16/c1-25(49)45-33-36(52)35(51)30(19-47)58-42(33)61-38-31(20-48)59-43(34(37(38)53)46-26(2)50)62-41-40(57-23-29-17-11-6-12-18-29)39(56-22-28-15-9-5-10-16-28)32(60-44(41)54-3)24-55-21-27-13-7-4-8-14-27/h4-18,30-44,47-48,51-53H,19-24H2,1-3H3,(H,45,49)(H,46,50). The van der Waals surface area contributed by atoms with Crippen LogP contribution in [0.15, 0.2) is 91.0 Å². The average Bonchev–Trinajstić information content (AvgIpc) is 3.28. The highest BCUT2D eigenvalue weighted by Crippen LogP contribution is 2.35. The van der Waals surface area contributed by atoms with Gasteiger partial charge in [0.25, 0.3) is 0 Å². The second kappa shape index (κ2) is 23.1. The lowest BCUT2D eigenvalue weighted by atomic mass is 9.94. The van der Waals surface area contributed by atoms with Gasteiger partial charge in [0.05, 0.1) is 39.6 Å². The number of nitrogens with one attached hydrogen (secondary N) is 2. The molecule has 15 atom stereocenters. The lowest BCUT2D eigenvalue weighted by Crippen LogP contribution is -2.70. The molecule has 0 saturated carbocycles. The second-order valence-electron chi connectivity index (χ2n) is 15.4. The van der Waals surface area contributed by atoms with Crippen LogP contribution in [-0.4, -0.2) is 156 Å². The summed E-state index contributed by atoms with van der Waals surface area (Å²) < 4.78 is 56.8. The summed E-state index contributed by atoms with van der Waals surface area (Å²) in [5.41, 5.74) is 2.67. The van der Waals surface area contributed by atoms with Crippen molar-refractivity contribution in [3.8, 4) is 0 Å². The Labute approximate surface area is 359 Å². The summed E-state index contributed by atoms with van der Waals surface area (Å²) in [6.07, 6.45) is -17.2. The highest BCUT2D eigenvalue weighted by Gasteiger charge is 2.55. The third-order valence-electron chi connectivity index (χ3n) is 10.8. The highest BCUT2D eigenvalue weighted by atomic mass is 16.8. The number of aliphatic hydroxyl groups excluding tert-OH is 5. The van der Waals surface area contributed by atoms with E-state index in [-0.39, 0.29) is 26.4 Å². The minimum Gasteiger partial charge on any atom is -0.394 e. The first-order chi connectivity index (χ1) is 30.0. The van der Waals surface area contributed by atoms with Crippen molar-refractivity contribution < 1.29 is 77.8 Å². The molecule has 0 radical (unpaired) electrons. The van der Waals surface area contributed by atoms with Gasteiger partial charge in [-0.15, -0.1) is 0 Å². The Morgan fingerprint density at radius 2 is 1.00 bits per heavy atom.